The molecule has 1 aromatic heterocycles. The molecule has 0 spiro atoms. The normalized spacial score (nSPS) is 12.6. The van der Waals surface area contributed by atoms with E-state index in [1.54, 1.807) is 11.8 Å². The molecule has 1 heterocycles. The molecule has 0 aliphatic carbocycles. The minimum absolute atomic E-state index is 0.285. The first-order valence-corrected chi connectivity index (χ1v) is 6.42. The lowest BCUT2D eigenvalue weighted by Gasteiger charge is -2.08. The van der Waals surface area contributed by atoms with Gasteiger partial charge in [-0.15, -0.1) is 5.10 Å². The molecule has 0 aliphatic heterocycles. The van der Waals surface area contributed by atoms with Crippen molar-refractivity contribution in [2.24, 2.45) is 0 Å². The van der Waals surface area contributed by atoms with Crippen LogP contribution in [0.3, 0.4) is 0 Å². The average molecular weight is 299 g/mol. The van der Waals surface area contributed by atoms with Crippen LogP contribution in [0.4, 0.5) is 5.95 Å². The number of halogens is 1. The molecule has 4 nitrogen and oxygen atoms in total. The molecule has 2 aromatic rings. The molecule has 0 unspecified atom stereocenters. The third-order valence-corrected chi connectivity index (χ3v) is 3.59. The van der Waals surface area contributed by atoms with E-state index in [4.69, 9.17) is 5.73 Å². The molecule has 6 heteroatoms. The van der Waals surface area contributed by atoms with Crippen LogP contribution in [0, 0.1) is 0 Å². The van der Waals surface area contributed by atoms with Crippen LogP contribution in [0.15, 0.2) is 33.9 Å². The molecular formula is C10H11BrN4S. The fourth-order valence-corrected chi connectivity index (χ4v) is 2.56. The molecule has 0 amide bonds. The molecule has 0 saturated heterocycles. The van der Waals surface area contributed by atoms with Crippen LogP contribution in [-0.4, -0.2) is 15.2 Å². The maximum atomic E-state index is 5.47. The number of aromatic amines is 1. The molecule has 84 valence electrons. The molecule has 3 N–H and O–H groups in total. The van der Waals surface area contributed by atoms with Gasteiger partial charge in [-0.05, 0) is 24.6 Å². The van der Waals surface area contributed by atoms with Gasteiger partial charge in [0.2, 0.25) is 11.1 Å². The number of nitrogens with one attached hydrogen (secondary N) is 1. The number of H-pyrrole nitrogens is 1. The summed E-state index contributed by atoms with van der Waals surface area (Å²) in [4.78, 5) is 4.06. The lowest BCUT2D eigenvalue weighted by molar-refractivity contribution is 0.960. The number of nitrogen functional groups attached to an aromatic ring is 1. The number of thioether (sulfide) groups is 1. The Morgan fingerprint density at radius 2 is 2.31 bits per heavy atom. The van der Waals surface area contributed by atoms with Crippen molar-refractivity contribution in [1.82, 2.24) is 15.2 Å². The first-order chi connectivity index (χ1) is 7.65. The second-order valence-corrected chi connectivity index (χ2v) is 5.54. The monoisotopic (exact) mass is 298 g/mol. The van der Waals surface area contributed by atoms with E-state index < -0.39 is 0 Å². The van der Waals surface area contributed by atoms with Crippen molar-refractivity contribution in [3.63, 3.8) is 0 Å². The Hall–Kier alpha value is -1.01. The Bertz CT molecular complexity index is 485. The van der Waals surface area contributed by atoms with Crippen LogP contribution >= 0.6 is 27.7 Å². The lowest BCUT2D eigenvalue weighted by Crippen LogP contribution is -1.89. The van der Waals surface area contributed by atoms with Gasteiger partial charge in [0, 0.05) is 9.72 Å². The van der Waals surface area contributed by atoms with Crippen LogP contribution < -0.4 is 5.73 Å². The van der Waals surface area contributed by atoms with E-state index in [2.05, 4.69) is 50.2 Å². The standard InChI is InChI=1S/C10H11BrN4S/c1-6(7-3-2-4-8(11)5-7)16-10-13-9(12)14-15-10/h2-6H,1H3,(H3,12,13,14,15)/t6-/m1/s1. The van der Waals surface area contributed by atoms with Crippen LogP contribution in [-0.2, 0) is 0 Å². The maximum absolute atomic E-state index is 5.47. The summed E-state index contributed by atoms with van der Waals surface area (Å²) in [6, 6.07) is 8.20. The molecule has 0 bridgehead atoms. The fourth-order valence-electron chi connectivity index (χ4n) is 1.30. The Labute approximate surface area is 106 Å². The highest BCUT2D eigenvalue weighted by atomic mass is 79.9. The van der Waals surface area contributed by atoms with Gasteiger partial charge >= 0.3 is 0 Å². The number of benzene rings is 1. The molecule has 0 aliphatic rings. The van der Waals surface area contributed by atoms with Gasteiger partial charge in [0.15, 0.2) is 0 Å². The average Bonchev–Trinajstić information content (AvgIpc) is 2.64. The third-order valence-electron chi connectivity index (χ3n) is 2.08. The molecule has 1 aromatic carbocycles. The number of hydrogen-bond donors (Lipinski definition) is 2. The predicted molar refractivity (Wildman–Crippen MR) is 69.2 cm³/mol. The predicted octanol–water partition coefficient (Wildman–Crippen LogP) is 3.00. The summed E-state index contributed by atoms with van der Waals surface area (Å²) < 4.78 is 1.08. The van der Waals surface area contributed by atoms with E-state index in [1.807, 2.05) is 12.1 Å². The van der Waals surface area contributed by atoms with Crippen LogP contribution in [0.2, 0.25) is 0 Å². The number of anilines is 1. The molecule has 0 radical (unpaired) electrons. The SMILES string of the molecule is C[C@@H](Sc1n[nH]c(N)n1)c1cccc(Br)c1. The molecule has 0 fully saturated rings. The minimum Gasteiger partial charge on any atom is -0.368 e. The van der Waals surface area contributed by atoms with E-state index in [-0.39, 0.29) is 5.25 Å². The van der Waals surface area contributed by atoms with Crippen molar-refractivity contribution >= 4 is 33.6 Å². The highest BCUT2D eigenvalue weighted by molar-refractivity contribution is 9.10. The van der Waals surface area contributed by atoms with Crippen molar-refractivity contribution in [3.05, 3.63) is 34.3 Å². The van der Waals surface area contributed by atoms with Crippen molar-refractivity contribution < 1.29 is 0 Å². The molecule has 0 saturated carbocycles. The number of rotatable bonds is 3. The zero-order valence-corrected chi connectivity index (χ0v) is 11.0. The van der Waals surface area contributed by atoms with Gasteiger partial charge in [-0.3, -0.25) is 0 Å². The summed E-state index contributed by atoms with van der Waals surface area (Å²) in [6.07, 6.45) is 0. The van der Waals surface area contributed by atoms with Crippen molar-refractivity contribution in [2.45, 2.75) is 17.3 Å². The fraction of sp³-hybridized carbons (Fsp3) is 0.200. The summed E-state index contributed by atoms with van der Waals surface area (Å²) >= 11 is 5.03. The molecular weight excluding hydrogens is 288 g/mol. The van der Waals surface area contributed by atoms with Crippen molar-refractivity contribution in [1.29, 1.82) is 0 Å². The lowest BCUT2D eigenvalue weighted by atomic mass is 10.2. The van der Waals surface area contributed by atoms with Gasteiger partial charge in [-0.1, -0.05) is 39.8 Å². The Morgan fingerprint density at radius 3 is 2.94 bits per heavy atom. The van der Waals surface area contributed by atoms with Gasteiger partial charge in [0.1, 0.15) is 0 Å². The Kier molecular flexibility index (Phi) is 3.50. The van der Waals surface area contributed by atoms with Crippen molar-refractivity contribution in [2.75, 3.05) is 5.73 Å². The van der Waals surface area contributed by atoms with Gasteiger partial charge in [0.05, 0.1) is 0 Å². The van der Waals surface area contributed by atoms with Gasteiger partial charge in [0.25, 0.3) is 0 Å². The topological polar surface area (TPSA) is 67.6 Å². The smallest absolute Gasteiger partial charge is 0.216 e. The number of nitrogens with zero attached hydrogens (tertiary/aromatic N) is 2. The summed E-state index contributed by atoms with van der Waals surface area (Å²) in [5.74, 6) is 0.351. The highest BCUT2D eigenvalue weighted by Crippen LogP contribution is 2.33. The summed E-state index contributed by atoms with van der Waals surface area (Å²) in [7, 11) is 0. The highest BCUT2D eigenvalue weighted by Gasteiger charge is 2.10. The maximum Gasteiger partial charge on any atom is 0.216 e. The largest absolute Gasteiger partial charge is 0.368 e. The first kappa shape index (κ1) is 11.5. The first-order valence-electron chi connectivity index (χ1n) is 4.75. The summed E-state index contributed by atoms with van der Waals surface area (Å²) in [6.45, 7) is 2.11. The van der Waals surface area contributed by atoms with E-state index in [0.29, 0.717) is 11.1 Å². The summed E-state index contributed by atoms with van der Waals surface area (Å²) in [5.41, 5.74) is 6.69. The van der Waals surface area contributed by atoms with E-state index in [0.717, 1.165) is 4.47 Å². The zero-order chi connectivity index (χ0) is 11.5. The zero-order valence-electron chi connectivity index (χ0n) is 8.64. The van der Waals surface area contributed by atoms with Crippen molar-refractivity contribution in [3.8, 4) is 0 Å². The van der Waals surface area contributed by atoms with Gasteiger partial charge in [-0.25, -0.2) is 5.10 Å². The van der Waals surface area contributed by atoms with E-state index >= 15 is 0 Å². The summed E-state index contributed by atoms with van der Waals surface area (Å²) in [5, 5.41) is 7.57. The van der Waals surface area contributed by atoms with Crippen LogP contribution in [0.5, 0.6) is 0 Å². The Balaban J connectivity index is 2.11. The molecule has 2 rings (SSSR count). The number of aromatic nitrogens is 3. The Morgan fingerprint density at radius 1 is 1.50 bits per heavy atom. The van der Waals surface area contributed by atoms with E-state index in [1.165, 1.54) is 5.56 Å². The number of nitrogens with two attached hydrogens (primary N) is 1. The second kappa shape index (κ2) is 4.88. The van der Waals surface area contributed by atoms with Crippen LogP contribution in [0.25, 0.3) is 0 Å². The minimum atomic E-state index is 0.285. The molecule has 16 heavy (non-hydrogen) atoms. The number of hydrogen-bond acceptors (Lipinski definition) is 4. The van der Waals surface area contributed by atoms with E-state index in [9.17, 15) is 0 Å². The van der Waals surface area contributed by atoms with Gasteiger partial charge in [-0.2, -0.15) is 4.98 Å². The van der Waals surface area contributed by atoms with Gasteiger partial charge < -0.3 is 5.73 Å². The molecule has 1 atom stereocenters. The third kappa shape index (κ3) is 2.76. The van der Waals surface area contributed by atoms with Crippen LogP contribution in [0.1, 0.15) is 17.7 Å². The second-order valence-electron chi connectivity index (χ2n) is 3.32. The quantitative estimate of drug-likeness (QED) is 0.855.